The smallest absolute Gasteiger partial charge is 0.189 e. The van der Waals surface area contributed by atoms with Gasteiger partial charge in [0.15, 0.2) is 5.82 Å². The number of nitrogens with zero attached hydrogens (tertiary/aromatic N) is 4. The highest BCUT2D eigenvalue weighted by Gasteiger charge is 2.14. The highest BCUT2D eigenvalue weighted by Crippen LogP contribution is 2.26. The lowest BCUT2D eigenvalue weighted by molar-refractivity contribution is 0.617. The third kappa shape index (κ3) is 2.35. The summed E-state index contributed by atoms with van der Waals surface area (Å²) in [5.74, 6) is 0.269. The third-order valence-electron chi connectivity index (χ3n) is 3.31. The fourth-order valence-electron chi connectivity index (χ4n) is 2.15. The van der Waals surface area contributed by atoms with E-state index in [2.05, 4.69) is 15.5 Å². The highest BCUT2D eigenvalue weighted by molar-refractivity contribution is 5.73. The summed E-state index contributed by atoms with van der Waals surface area (Å²) >= 11 is 0. The predicted octanol–water partition coefficient (Wildman–Crippen LogP) is 2.67. The lowest BCUT2D eigenvalue weighted by Gasteiger charge is -2.08. The molecule has 3 rings (SSSR count). The van der Waals surface area contributed by atoms with Crippen LogP contribution in [0.2, 0.25) is 0 Å². The number of tetrazole rings is 1. The van der Waals surface area contributed by atoms with Crippen LogP contribution in [0.4, 0.5) is 10.1 Å². The molecule has 0 aliphatic heterocycles. The molecule has 0 bridgehead atoms. The lowest BCUT2D eigenvalue weighted by atomic mass is 10.1. The van der Waals surface area contributed by atoms with Gasteiger partial charge in [0.2, 0.25) is 0 Å². The summed E-state index contributed by atoms with van der Waals surface area (Å²) in [6.45, 7) is 3.67. The Morgan fingerprint density at radius 2 is 1.90 bits per heavy atom. The van der Waals surface area contributed by atoms with Crippen molar-refractivity contribution < 1.29 is 4.39 Å². The molecule has 5 nitrogen and oxygen atoms in total. The zero-order valence-corrected chi connectivity index (χ0v) is 11.7. The number of benzene rings is 2. The van der Waals surface area contributed by atoms with Crippen LogP contribution in [0.5, 0.6) is 0 Å². The molecule has 21 heavy (non-hydrogen) atoms. The van der Waals surface area contributed by atoms with Crippen LogP contribution in [0.25, 0.3) is 17.1 Å². The van der Waals surface area contributed by atoms with Crippen molar-refractivity contribution in [1.29, 1.82) is 0 Å². The van der Waals surface area contributed by atoms with Gasteiger partial charge in [-0.15, -0.1) is 5.10 Å². The fourth-order valence-corrected chi connectivity index (χ4v) is 2.15. The molecule has 6 heteroatoms. The van der Waals surface area contributed by atoms with Gasteiger partial charge >= 0.3 is 0 Å². The number of aromatic nitrogens is 4. The van der Waals surface area contributed by atoms with Crippen LogP contribution >= 0.6 is 0 Å². The Morgan fingerprint density at radius 1 is 1.10 bits per heavy atom. The van der Waals surface area contributed by atoms with E-state index in [4.69, 9.17) is 5.73 Å². The maximum atomic E-state index is 13.4. The summed E-state index contributed by atoms with van der Waals surface area (Å²) in [6.07, 6.45) is 0. The first-order valence-corrected chi connectivity index (χ1v) is 6.47. The van der Waals surface area contributed by atoms with Gasteiger partial charge in [-0.25, -0.2) is 4.39 Å². The van der Waals surface area contributed by atoms with Gasteiger partial charge < -0.3 is 5.73 Å². The van der Waals surface area contributed by atoms with Crippen LogP contribution in [0.1, 0.15) is 11.1 Å². The summed E-state index contributed by atoms with van der Waals surface area (Å²) in [4.78, 5) is 0. The van der Waals surface area contributed by atoms with E-state index in [0.29, 0.717) is 22.8 Å². The number of anilines is 1. The number of aryl methyl sites for hydroxylation is 2. The monoisotopic (exact) mass is 283 g/mol. The van der Waals surface area contributed by atoms with Crippen molar-refractivity contribution in [2.24, 2.45) is 0 Å². The zero-order valence-electron chi connectivity index (χ0n) is 11.7. The molecule has 0 fully saturated rings. The van der Waals surface area contributed by atoms with Crippen molar-refractivity contribution >= 4 is 5.69 Å². The minimum atomic E-state index is -0.261. The van der Waals surface area contributed by atoms with Crippen LogP contribution in [-0.4, -0.2) is 20.2 Å². The summed E-state index contributed by atoms with van der Waals surface area (Å²) < 4.78 is 15.0. The molecule has 0 unspecified atom stereocenters. The quantitative estimate of drug-likeness (QED) is 0.734. The highest BCUT2D eigenvalue weighted by atomic mass is 19.1. The molecule has 0 saturated heterocycles. The van der Waals surface area contributed by atoms with Crippen molar-refractivity contribution in [2.75, 3.05) is 5.73 Å². The standard InChI is InChI=1S/C15H14FN5/c1-9-3-6-14(17)12(7-9)15-18-19-20-21(15)11-4-5-13(16)10(2)8-11/h3-8H,17H2,1-2H3. The minimum absolute atomic E-state index is 0.261. The SMILES string of the molecule is Cc1ccc(N)c(-c2nnnn2-c2ccc(F)c(C)c2)c1. The summed E-state index contributed by atoms with van der Waals surface area (Å²) in [5, 5.41) is 11.7. The molecule has 0 aliphatic rings. The number of nitrogen functional groups attached to an aromatic ring is 1. The van der Waals surface area contributed by atoms with Crippen molar-refractivity contribution in [1.82, 2.24) is 20.2 Å². The van der Waals surface area contributed by atoms with E-state index in [0.717, 1.165) is 11.1 Å². The van der Waals surface area contributed by atoms with E-state index in [1.165, 1.54) is 6.07 Å². The number of hydrogen-bond acceptors (Lipinski definition) is 4. The van der Waals surface area contributed by atoms with E-state index in [1.807, 2.05) is 25.1 Å². The Hall–Kier alpha value is -2.76. The second kappa shape index (κ2) is 4.97. The second-order valence-electron chi connectivity index (χ2n) is 4.94. The van der Waals surface area contributed by atoms with Crippen LogP contribution in [0.3, 0.4) is 0 Å². The molecule has 2 N–H and O–H groups in total. The van der Waals surface area contributed by atoms with Crippen LogP contribution in [0, 0.1) is 19.7 Å². The molecule has 1 heterocycles. The summed E-state index contributed by atoms with van der Waals surface area (Å²) in [5.41, 5.74) is 9.64. The summed E-state index contributed by atoms with van der Waals surface area (Å²) in [7, 11) is 0. The number of hydrogen-bond donors (Lipinski definition) is 1. The van der Waals surface area contributed by atoms with Gasteiger partial charge in [-0.05, 0) is 60.2 Å². The van der Waals surface area contributed by atoms with E-state index in [1.54, 1.807) is 23.7 Å². The molecule has 106 valence electrons. The molecule has 3 aromatic rings. The number of halogens is 1. The first-order chi connectivity index (χ1) is 10.1. The van der Waals surface area contributed by atoms with E-state index < -0.39 is 0 Å². The van der Waals surface area contributed by atoms with Crippen molar-refractivity contribution in [3.05, 3.63) is 53.3 Å². The van der Waals surface area contributed by atoms with E-state index >= 15 is 0 Å². The molecule has 0 spiro atoms. The van der Waals surface area contributed by atoms with Crippen LogP contribution in [0.15, 0.2) is 36.4 Å². The molecular weight excluding hydrogens is 269 g/mol. The topological polar surface area (TPSA) is 69.6 Å². The molecule has 0 saturated carbocycles. The van der Waals surface area contributed by atoms with E-state index in [-0.39, 0.29) is 5.82 Å². The average molecular weight is 283 g/mol. The number of nitrogens with two attached hydrogens (primary N) is 1. The van der Waals surface area contributed by atoms with Gasteiger partial charge in [-0.1, -0.05) is 11.6 Å². The van der Waals surface area contributed by atoms with Crippen molar-refractivity contribution in [3.63, 3.8) is 0 Å². The van der Waals surface area contributed by atoms with E-state index in [9.17, 15) is 4.39 Å². The van der Waals surface area contributed by atoms with Gasteiger partial charge in [-0.3, -0.25) is 0 Å². The Morgan fingerprint density at radius 3 is 2.67 bits per heavy atom. The maximum absolute atomic E-state index is 13.4. The maximum Gasteiger partial charge on any atom is 0.189 e. The Bertz CT molecular complexity index is 810. The van der Waals surface area contributed by atoms with Gasteiger partial charge in [-0.2, -0.15) is 4.68 Å². The van der Waals surface area contributed by atoms with Gasteiger partial charge in [0.05, 0.1) is 5.69 Å². The van der Waals surface area contributed by atoms with Crippen molar-refractivity contribution in [3.8, 4) is 17.1 Å². The van der Waals surface area contributed by atoms with Crippen LogP contribution in [-0.2, 0) is 0 Å². The third-order valence-corrected chi connectivity index (χ3v) is 3.31. The Kier molecular flexibility index (Phi) is 3.13. The molecule has 2 aromatic carbocycles. The number of rotatable bonds is 2. The molecule has 1 aromatic heterocycles. The first kappa shape index (κ1) is 13.2. The molecule has 0 aliphatic carbocycles. The molecule has 0 atom stereocenters. The largest absolute Gasteiger partial charge is 0.398 e. The fraction of sp³-hybridized carbons (Fsp3) is 0.133. The second-order valence-corrected chi connectivity index (χ2v) is 4.94. The Balaban J connectivity index is 2.17. The average Bonchev–Trinajstić information content (AvgIpc) is 2.93. The summed E-state index contributed by atoms with van der Waals surface area (Å²) in [6, 6.07) is 10.4. The first-order valence-electron chi connectivity index (χ1n) is 6.47. The molecular formula is C15H14FN5. The lowest BCUT2D eigenvalue weighted by Crippen LogP contribution is -2.02. The Labute approximate surface area is 121 Å². The minimum Gasteiger partial charge on any atom is -0.398 e. The normalized spacial score (nSPS) is 10.8. The van der Waals surface area contributed by atoms with Crippen LogP contribution < -0.4 is 5.73 Å². The molecule has 0 radical (unpaired) electrons. The van der Waals surface area contributed by atoms with Gasteiger partial charge in [0, 0.05) is 11.3 Å². The van der Waals surface area contributed by atoms with Crippen molar-refractivity contribution in [2.45, 2.75) is 13.8 Å². The van der Waals surface area contributed by atoms with Gasteiger partial charge in [0.25, 0.3) is 0 Å². The molecule has 0 amide bonds. The van der Waals surface area contributed by atoms with Gasteiger partial charge in [0.1, 0.15) is 5.82 Å². The zero-order chi connectivity index (χ0) is 15.0. The predicted molar refractivity (Wildman–Crippen MR) is 78.4 cm³/mol.